The molecule has 0 spiro atoms. The summed E-state index contributed by atoms with van der Waals surface area (Å²) in [6, 6.07) is 23.0. The molecule has 0 fully saturated rings. The molecule has 0 heterocycles. The van der Waals surface area contributed by atoms with Gasteiger partial charge in [-0.05, 0) is 154 Å². The number of hydrogen-bond donors (Lipinski definition) is 2. The van der Waals surface area contributed by atoms with Gasteiger partial charge in [-0.2, -0.15) is 0 Å². The van der Waals surface area contributed by atoms with E-state index >= 15 is 0 Å². The van der Waals surface area contributed by atoms with Crippen LogP contribution in [0.15, 0.2) is 60.7 Å². The molecule has 8 bridgehead atoms. The van der Waals surface area contributed by atoms with Crippen LogP contribution in [-0.4, -0.2) is 56.7 Å². The second-order valence-electron chi connectivity index (χ2n) is 26.1. The molecule has 0 saturated heterocycles. The normalized spacial score (nSPS) is 14.4. The van der Waals surface area contributed by atoms with Gasteiger partial charge in [0.15, 0.2) is 0 Å². The maximum Gasteiger partial charge on any atom is 0.250 e. The van der Waals surface area contributed by atoms with Gasteiger partial charge in [-0.25, -0.2) is 0 Å². The van der Waals surface area contributed by atoms with Crippen LogP contribution in [0.1, 0.15) is 152 Å². The van der Waals surface area contributed by atoms with Crippen LogP contribution in [-0.2, 0) is 38.5 Å². The Morgan fingerprint density at radius 1 is 0.368 bits per heavy atom. The predicted octanol–water partition coefficient (Wildman–Crippen LogP) is 15.7. The lowest BCUT2D eigenvalue weighted by atomic mass is 9.89. The number of rotatable bonds is 14. The lowest BCUT2D eigenvalue weighted by Gasteiger charge is -2.39. The summed E-state index contributed by atoms with van der Waals surface area (Å²) in [4.78, 5) is 0. The van der Waals surface area contributed by atoms with Crippen LogP contribution in [0.5, 0.6) is 23.0 Å². The minimum absolute atomic E-state index is 0.0336. The summed E-state index contributed by atoms with van der Waals surface area (Å²) in [6.07, 6.45) is 5.42. The first-order chi connectivity index (χ1) is 31.1. The van der Waals surface area contributed by atoms with Crippen LogP contribution in [0.4, 0.5) is 0 Å². The molecule has 0 saturated carbocycles. The smallest absolute Gasteiger partial charge is 0.250 e. The molecule has 0 aliphatic heterocycles. The molecule has 0 radical (unpaired) electrons. The van der Waals surface area contributed by atoms with Gasteiger partial charge in [0.2, 0.25) is 0 Å². The monoisotopic (exact) mass is 997 g/mol. The fourth-order valence-electron chi connectivity index (χ4n) is 7.84. The van der Waals surface area contributed by atoms with Crippen molar-refractivity contribution in [3.63, 3.8) is 0 Å². The molecule has 1 aliphatic rings. The van der Waals surface area contributed by atoms with Crippen molar-refractivity contribution >= 4 is 33.3 Å². The van der Waals surface area contributed by atoms with Crippen LogP contribution in [0, 0.1) is 0 Å². The SMILES string of the molecule is CC(C)(C)[Si](C)(C)Oc1c2cccc1Cc1cc(CCCO)cc(c1O[Si](C)(C)C(C)(C)C)Cc1cccc(c1O[Si](C)(C)C(C)(C)C)Cc1cc(CCCO)cc(c1O[Si](C)(C)C(C)(C)C)C2. The van der Waals surface area contributed by atoms with Crippen molar-refractivity contribution in [3.8, 4) is 23.0 Å². The third kappa shape index (κ3) is 12.8. The second kappa shape index (κ2) is 20.5. The van der Waals surface area contributed by atoms with E-state index in [4.69, 9.17) is 17.7 Å². The summed E-state index contributed by atoms with van der Waals surface area (Å²) in [5, 5.41) is 20.2. The van der Waals surface area contributed by atoms with Gasteiger partial charge >= 0.3 is 0 Å². The number of para-hydroxylation sites is 2. The minimum Gasteiger partial charge on any atom is -0.543 e. The molecule has 2 N–H and O–H groups in total. The first-order valence-corrected chi connectivity index (χ1v) is 37.2. The van der Waals surface area contributed by atoms with E-state index in [0.29, 0.717) is 38.5 Å². The Morgan fingerprint density at radius 3 is 0.765 bits per heavy atom. The third-order valence-electron chi connectivity index (χ3n) is 16.4. The van der Waals surface area contributed by atoms with Crippen LogP contribution in [0.2, 0.25) is 72.5 Å². The molecule has 0 amide bonds. The quantitative estimate of drug-likeness (QED) is 0.108. The van der Waals surface area contributed by atoms with Gasteiger partial charge in [-0.3, -0.25) is 0 Å². The van der Waals surface area contributed by atoms with Crippen LogP contribution < -0.4 is 17.7 Å². The first-order valence-electron chi connectivity index (χ1n) is 25.6. The number of fused-ring (bicyclic) bond motifs is 8. The standard InChI is InChI=1S/C58H92O6Si4/c1-55(2,3)65(13,14)61-51-43-27-21-28-44(51)38-48-34-42(26-24-32-60)36-50(54(48)64-68(19,20)58(10,11)12)40-46-30-22-29-45(52(46)62-66(15,16)56(4,5)6)39-49-35-41(25-23-31-59)33-47(37-43)53(49)63-67(17,18)57(7,8)9/h21-22,27-30,33-36,59-60H,23-26,31-32,37-40H2,1-20H3. The maximum absolute atomic E-state index is 10.2. The molecule has 0 unspecified atom stereocenters. The topological polar surface area (TPSA) is 77.4 Å². The van der Waals surface area contributed by atoms with E-state index in [1.165, 1.54) is 11.1 Å². The highest BCUT2D eigenvalue weighted by Gasteiger charge is 2.44. The Labute approximate surface area is 418 Å². The molecule has 0 atom stereocenters. The number of aliphatic hydroxyl groups is 2. The molecule has 4 aromatic rings. The number of hydrogen-bond acceptors (Lipinski definition) is 6. The fourth-order valence-corrected chi connectivity index (χ4v) is 12.2. The molecule has 376 valence electrons. The molecule has 10 heteroatoms. The molecule has 1 aliphatic carbocycles. The van der Waals surface area contributed by atoms with Gasteiger partial charge in [-0.1, -0.05) is 144 Å². The minimum atomic E-state index is -2.38. The highest BCUT2D eigenvalue weighted by Crippen LogP contribution is 2.48. The van der Waals surface area contributed by atoms with Crippen LogP contribution in [0.25, 0.3) is 0 Å². The molecular weight excluding hydrogens is 905 g/mol. The summed E-state index contributed by atoms with van der Waals surface area (Å²) in [5.74, 6) is 3.91. The Kier molecular flexibility index (Phi) is 16.8. The zero-order valence-electron chi connectivity index (χ0n) is 46.4. The van der Waals surface area contributed by atoms with Crippen molar-refractivity contribution in [2.24, 2.45) is 0 Å². The summed E-state index contributed by atoms with van der Waals surface area (Å²) in [7, 11) is -9.52. The molecular formula is C58H92O6Si4. The van der Waals surface area contributed by atoms with E-state index in [2.05, 4.69) is 196 Å². The summed E-state index contributed by atoms with van der Waals surface area (Å²) < 4.78 is 30.5. The molecule has 0 aromatic heterocycles. The highest BCUT2D eigenvalue weighted by atomic mass is 28.4. The van der Waals surface area contributed by atoms with Crippen LogP contribution in [0.3, 0.4) is 0 Å². The Hall–Kier alpha value is -3.13. The largest absolute Gasteiger partial charge is 0.543 e. The number of aliphatic hydroxyl groups excluding tert-OH is 2. The second-order valence-corrected chi connectivity index (χ2v) is 45.0. The fraction of sp³-hybridized carbons (Fsp3) is 0.586. The Morgan fingerprint density at radius 2 is 0.574 bits per heavy atom. The average Bonchev–Trinajstić information content (AvgIpc) is 3.18. The van der Waals surface area contributed by atoms with Crippen molar-refractivity contribution in [1.29, 1.82) is 0 Å². The third-order valence-corrected chi connectivity index (χ3v) is 33.7. The van der Waals surface area contributed by atoms with E-state index in [-0.39, 0.29) is 33.4 Å². The van der Waals surface area contributed by atoms with Gasteiger partial charge in [0.25, 0.3) is 33.3 Å². The molecule has 6 nitrogen and oxygen atoms in total. The van der Waals surface area contributed by atoms with Gasteiger partial charge in [0, 0.05) is 38.9 Å². The number of benzene rings is 4. The van der Waals surface area contributed by atoms with Gasteiger partial charge in [0.05, 0.1) is 0 Å². The first kappa shape index (κ1) is 55.8. The zero-order valence-corrected chi connectivity index (χ0v) is 50.4. The zero-order chi connectivity index (χ0) is 51.1. The van der Waals surface area contributed by atoms with Gasteiger partial charge in [-0.15, -0.1) is 0 Å². The van der Waals surface area contributed by atoms with E-state index in [1.54, 1.807) is 0 Å². The molecule has 68 heavy (non-hydrogen) atoms. The Balaban J connectivity index is 2.00. The summed E-state index contributed by atoms with van der Waals surface area (Å²) in [6.45, 7) is 47.0. The van der Waals surface area contributed by atoms with E-state index in [1.807, 2.05) is 0 Å². The van der Waals surface area contributed by atoms with E-state index < -0.39 is 33.3 Å². The predicted molar refractivity (Wildman–Crippen MR) is 299 cm³/mol. The molecule has 4 aromatic carbocycles. The summed E-state index contributed by atoms with van der Waals surface area (Å²) in [5.41, 5.74) is 11.6. The maximum atomic E-state index is 10.2. The summed E-state index contributed by atoms with van der Waals surface area (Å²) >= 11 is 0. The van der Waals surface area contributed by atoms with Crippen molar-refractivity contribution in [3.05, 3.63) is 116 Å². The average molecular weight is 998 g/mol. The van der Waals surface area contributed by atoms with Crippen molar-refractivity contribution in [2.75, 3.05) is 13.2 Å². The molecule has 5 rings (SSSR count). The van der Waals surface area contributed by atoms with E-state index in [9.17, 15) is 10.2 Å². The lowest BCUT2D eigenvalue weighted by molar-refractivity contribution is 0.288. The lowest BCUT2D eigenvalue weighted by Crippen LogP contribution is -2.45. The van der Waals surface area contributed by atoms with Crippen molar-refractivity contribution in [1.82, 2.24) is 0 Å². The van der Waals surface area contributed by atoms with E-state index in [0.717, 1.165) is 80.3 Å². The van der Waals surface area contributed by atoms with Crippen molar-refractivity contribution in [2.45, 2.75) is 207 Å². The number of aryl methyl sites for hydroxylation is 2. The van der Waals surface area contributed by atoms with Gasteiger partial charge in [0.1, 0.15) is 23.0 Å². The van der Waals surface area contributed by atoms with Crippen LogP contribution >= 0.6 is 0 Å². The Bertz CT molecular complexity index is 2130. The highest BCUT2D eigenvalue weighted by molar-refractivity contribution is 6.76. The van der Waals surface area contributed by atoms with Crippen molar-refractivity contribution < 1.29 is 27.9 Å². The van der Waals surface area contributed by atoms with Gasteiger partial charge < -0.3 is 27.9 Å².